The first-order chi connectivity index (χ1) is 12.6. The van der Waals surface area contributed by atoms with Crippen molar-refractivity contribution in [1.82, 2.24) is 0 Å². The standard InChI is InChI=1S/C20H21BrN2O3/c1-2-14-5-10-18(17(21)12-14)26-13-19(24)22-15-6-8-16(9-7-15)23-11-3-4-20(23)25/h5-10,12H,2-4,11,13H2,1H3,(H,22,24). The molecule has 0 aromatic heterocycles. The van der Waals surface area contributed by atoms with Gasteiger partial charge in [0.05, 0.1) is 4.47 Å². The lowest BCUT2D eigenvalue weighted by Crippen LogP contribution is -2.23. The molecule has 1 saturated heterocycles. The molecule has 1 fully saturated rings. The molecule has 2 aromatic carbocycles. The maximum atomic E-state index is 12.1. The van der Waals surface area contributed by atoms with Crippen molar-refractivity contribution in [3.05, 3.63) is 52.5 Å². The summed E-state index contributed by atoms with van der Waals surface area (Å²) < 4.78 is 6.41. The molecule has 0 spiro atoms. The van der Waals surface area contributed by atoms with E-state index in [0.29, 0.717) is 17.9 Å². The van der Waals surface area contributed by atoms with Crippen molar-refractivity contribution in [3.8, 4) is 5.75 Å². The Morgan fingerprint density at radius 3 is 2.62 bits per heavy atom. The third-order valence-electron chi connectivity index (χ3n) is 4.30. The van der Waals surface area contributed by atoms with Crippen molar-refractivity contribution in [1.29, 1.82) is 0 Å². The Bertz CT molecular complexity index is 805. The van der Waals surface area contributed by atoms with Crippen LogP contribution in [0, 0.1) is 0 Å². The van der Waals surface area contributed by atoms with Gasteiger partial charge in [-0.2, -0.15) is 0 Å². The molecule has 1 aliphatic rings. The van der Waals surface area contributed by atoms with Gasteiger partial charge in [0.25, 0.3) is 5.91 Å². The third kappa shape index (κ3) is 4.43. The molecular formula is C20H21BrN2O3. The second-order valence-corrected chi connectivity index (χ2v) is 7.01. The van der Waals surface area contributed by atoms with E-state index in [1.165, 1.54) is 5.56 Å². The zero-order valence-electron chi connectivity index (χ0n) is 14.6. The summed E-state index contributed by atoms with van der Waals surface area (Å²) in [4.78, 5) is 25.6. The number of nitrogens with one attached hydrogen (secondary N) is 1. The molecule has 0 atom stereocenters. The molecule has 0 radical (unpaired) electrons. The Hall–Kier alpha value is -2.34. The molecule has 2 amide bonds. The molecule has 26 heavy (non-hydrogen) atoms. The summed E-state index contributed by atoms with van der Waals surface area (Å²) in [7, 11) is 0. The van der Waals surface area contributed by atoms with Crippen LogP contribution in [-0.4, -0.2) is 25.0 Å². The molecule has 0 saturated carbocycles. The van der Waals surface area contributed by atoms with Gasteiger partial charge in [-0.05, 0) is 70.7 Å². The average Bonchev–Trinajstić information content (AvgIpc) is 3.07. The van der Waals surface area contributed by atoms with E-state index in [2.05, 4.69) is 28.2 Å². The molecule has 0 aliphatic carbocycles. The zero-order chi connectivity index (χ0) is 18.5. The van der Waals surface area contributed by atoms with E-state index in [1.54, 1.807) is 17.0 Å². The lowest BCUT2D eigenvalue weighted by Gasteiger charge is -2.16. The van der Waals surface area contributed by atoms with Crippen LogP contribution in [0.4, 0.5) is 11.4 Å². The van der Waals surface area contributed by atoms with Crippen LogP contribution in [0.3, 0.4) is 0 Å². The average molecular weight is 417 g/mol. The van der Waals surface area contributed by atoms with E-state index >= 15 is 0 Å². The van der Waals surface area contributed by atoms with Crippen molar-refractivity contribution < 1.29 is 14.3 Å². The van der Waals surface area contributed by atoms with Crippen LogP contribution >= 0.6 is 15.9 Å². The maximum Gasteiger partial charge on any atom is 0.262 e. The summed E-state index contributed by atoms with van der Waals surface area (Å²) in [6.07, 6.45) is 2.44. The lowest BCUT2D eigenvalue weighted by molar-refractivity contribution is -0.118. The van der Waals surface area contributed by atoms with Crippen molar-refractivity contribution >= 4 is 39.1 Å². The van der Waals surface area contributed by atoms with Gasteiger partial charge in [-0.1, -0.05) is 13.0 Å². The fourth-order valence-electron chi connectivity index (χ4n) is 2.87. The molecule has 1 N–H and O–H groups in total. The molecule has 3 rings (SSSR count). The van der Waals surface area contributed by atoms with Gasteiger partial charge in [0, 0.05) is 24.3 Å². The highest BCUT2D eigenvalue weighted by Crippen LogP contribution is 2.26. The van der Waals surface area contributed by atoms with Crippen molar-refractivity contribution in [3.63, 3.8) is 0 Å². The highest BCUT2D eigenvalue weighted by molar-refractivity contribution is 9.10. The number of anilines is 2. The second kappa shape index (κ2) is 8.36. The van der Waals surface area contributed by atoms with E-state index in [0.717, 1.165) is 29.5 Å². The van der Waals surface area contributed by atoms with Gasteiger partial charge in [0.1, 0.15) is 5.75 Å². The van der Waals surface area contributed by atoms with Crippen LogP contribution in [0.5, 0.6) is 5.75 Å². The summed E-state index contributed by atoms with van der Waals surface area (Å²) in [5, 5.41) is 2.80. The SMILES string of the molecule is CCc1ccc(OCC(=O)Nc2ccc(N3CCCC3=O)cc2)c(Br)c1. The van der Waals surface area contributed by atoms with Crippen LogP contribution in [0.25, 0.3) is 0 Å². The molecule has 2 aromatic rings. The minimum Gasteiger partial charge on any atom is -0.483 e. The summed E-state index contributed by atoms with van der Waals surface area (Å²) in [6, 6.07) is 13.1. The fraction of sp³-hybridized carbons (Fsp3) is 0.300. The summed E-state index contributed by atoms with van der Waals surface area (Å²) >= 11 is 3.46. The van der Waals surface area contributed by atoms with E-state index in [-0.39, 0.29) is 18.4 Å². The number of aryl methyl sites for hydroxylation is 1. The van der Waals surface area contributed by atoms with E-state index in [4.69, 9.17) is 4.74 Å². The van der Waals surface area contributed by atoms with Gasteiger partial charge >= 0.3 is 0 Å². The smallest absolute Gasteiger partial charge is 0.262 e. The lowest BCUT2D eigenvalue weighted by atomic mass is 10.2. The summed E-state index contributed by atoms with van der Waals surface area (Å²) in [5.74, 6) is 0.552. The zero-order valence-corrected chi connectivity index (χ0v) is 16.2. The van der Waals surface area contributed by atoms with Gasteiger partial charge in [-0.15, -0.1) is 0 Å². The predicted octanol–water partition coefficient (Wildman–Crippen LogP) is 4.16. The van der Waals surface area contributed by atoms with Gasteiger partial charge < -0.3 is 15.0 Å². The predicted molar refractivity (Wildman–Crippen MR) is 106 cm³/mol. The van der Waals surface area contributed by atoms with Crippen LogP contribution < -0.4 is 15.0 Å². The minimum absolute atomic E-state index is 0.0730. The molecule has 5 nitrogen and oxygen atoms in total. The monoisotopic (exact) mass is 416 g/mol. The van der Waals surface area contributed by atoms with Crippen LogP contribution in [0.15, 0.2) is 46.9 Å². The number of hydrogen-bond donors (Lipinski definition) is 1. The normalized spacial score (nSPS) is 13.8. The number of rotatable bonds is 6. The topological polar surface area (TPSA) is 58.6 Å². The number of benzene rings is 2. The van der Waals surface area contributed by atoms with Gasteiger partial charge in [0.2, 0.25) is 5.91 Å². The Morgan fingerprint density at radius 1 is 1.23 bits per heavy atom. The Kier molecular flexibility index (Phi) is 5.93. The summed E-state index contributed by atoms with van der Waals surface area (Å²) in [6.45, 7) is 2.77. The molecule has 6 heteroatoms. The van der Waals surface area contributed by atoms with Crippen LogP contribution in [0.1, 0.15) is 25.3 Å². The van der Waals surface area contributed by atoms with Crippen molar-refractivity contribution in [2.45, 2.75) is 26.2 Å². The number of amides is 2. The van der Waals surface area contributed by atoms with E-state index in [9.17, 15) is 9.59 Å². The minimum atomic E-state index is -0.235. The second-order valence-electron chi connectivity index (χ2n) is 6.15. The largest absolute Gasteiger partial charge is 0.483 e. The molecule has 0 unspecified atom stereocenters. The van der Waals surface area contributed by atoms with Gasteiger partial charge in [-0.25, -0.2) is 0 Å². The molecule has 1 aliphatic heterocycles. The number of halogens is 1. The number of carbonyl (C=O) groups is 2. The Morgan fingerprint density at radius 2 is 2.00 bits per heavy atom. The number of nitrogens with zero attached hydrogens (tertiary/aromatic N) is 1. The quantitative estimate of drug-likeness (QED) is 0.768. The Labute approximate surface area is 161 Å². The summed E-state index contributed by atoms with van der Waals surface area (Å²) in [5.41, 5.74) is 2.74. The van der Waals surface area contributed by atoms with Gasteiger partial charge in [0.15, 0.2) is 6.61 Å². The first kappa shape index (κ1) is 18.5. The van der Waals surface area contributed by atoms with Crippen molar-refractivity contribution in [2.24, 2.45) is 0 Å². The first-order valence-electron chi connectivity index (χ1n) is 8.68. The number of hydrogen-bond acceptors (Lipinski definition) is 3. The van der Waals surface area contributed by atoms with Crippen molar-refractivity contribution in [2.75, 3.05) is 23.4 Å². The van der Waals surface area contributed by atoms with Crippen LogP contribution in [0.2, 0.25) is 0 Å². The molecular weight excluding hydrogens is 396 g/mol. The fourth-order valence-corrected chi connectivity index (χ4v) is 3.41. The van der Waals surface area contributed by atoms with E-state index in [1.807, 2.05) is 30.3 Å². The highest BCUT2D eigenvalue weighted by atomic mass is 79.9. The van der Waals surface area contributed by atoms with Gasteiger partial charge in [-0.3, -0.25) is 9.59 Å². The maximum absolute atomic E-state index is 12.1. The molecule has 136 valence electrons. The number of carbonyl (C=O) groups excluding carboxylic acids is 2. The van der Waals surface area contributed by atoms with E-state index < -0.39 is 0 Å². The molecule has 1 heterocycles. The third-order valence-corrected chi connectivity index (χ3v) is 4.92. The highest BCUT2D eigenvalue weighted by Gasteiger charge is 2.21. The first-order valence-corrected chi connectivity index (χ1v) is 9.47. The van der Waals surface area contributed by atoms with Crippen LogP contribution in [-0.2, 0) is 16.0 Å². The number of ether oxygens (including phenoxy) is 1. The Balaban J connectivity index is 1.54. The molecule has 0 bridgehead atoms.